The Bertz CT molecular complexity index is 1030. The average Bonchev–Trinajstić information content (AvgIpc) is 3.19. The number of thiazole rings is 1. The van der Waals surface area contributed by atoms with Crippen LogP contribution in [0.5, 0.6) is 0 Å². The average molecular weight is 498 g/mol. The molecular formula is C19H23N5O7S2. The Morgan fingerprint density at radius 3 is 2.67 bits per heavy atom. The van der Waals surface area contributed by atoms with Crippen molar-refractivity contribution in [3.05, 3.63) is 22.8 Å². The number of fused-ring (bicyclic) bond motifs is 1. The molecule has 0 bridgehead atoms. The van der Waals surface area contributed by atoms with Crippen LogP contribution in [-0.4, -0.2) is 70.4 Å². The summed E-state index contributed by atoms with van der Waals surface area (Å²) in [5.74, 6) is -2.09. The van der Waals surface area contributed by atoms with Crippen LogP contribution in [0.15, 0.2) is 22.3 Å². The van der Waals surface area contributed by atoms with Gasteiger partial charge >= 0.3 is 11.9 Å². The second-order valence-electron chi connectivity index (χ2n) is 7.90. The molecule has 12 nitrogen and oxygen atoms in total. The molecule has 1 aromatic heterocycles. The number of aromatic nitrogens is 1. The maximum atomic E-state index is 12.7. The van der Waals surface area contributed by atoms with Crippen molar-refractivity contribution in [2.45, 2.75) is 32.2 Å². The molecule has 2 aliphatic rings. The fraction of sp³-hybridized carbons (Fsp3) is 0.474. The first-order valence-corrected chi connectivity index (χ1v) is 11.6. The van der Waals surface area contributed by atoms with Gasteiger partial charge in [0.25, 0.3) is 11.8 Å². The van der Waals surface area contributed by atoms with Gasteiger partial charge in [0.15, 0.2) is 10.8 Å². The van der Waals surface area contributed by atoms with E-state index in [0.29, 0.717) is 5.75 Å². The van der Waals surface area contributed by atoms with Crippen LogP contribution in [-0.2, 0) is 33.5 Å². The number of nitrogens with one attached hydrogen (secondary N) is 1. The van der Waals surface area contributed by atoms with E-state index in [1.807, 2.05) is 0 Å². The number of carbonyl (C=O) groups excluding carboxylic acids is 4. The van der Waals surface area contributed by atoms with Crippen molar-refractivity contribution >= 4 is 57.7 Å². The Kier molecular flexibility index (Phi) is 7.27. The number of anilines is 1. The molecule has 2 atom stereocenters. The van der Waals surface area contributed by atoms with Crippen LogP contribution in [0.1, 0.15) is 26.5 Å². The van der Waals surface area contributed by atoms with Crippen LogP contribution < -0.4 is 11.1 Å². The second kappa shape index (κ2) is 9.79. The number of amides is 2. The summed E-state index contributed by atoms with van der Waals surface area (Å²) < 4.78 is 9.93. The first-order chi connectivity index (χ1) is 15.5. The third kappa shape index (κ3) is 5.27. The third-order valence-electron chi connectivity index (χ3n) is 4.50. The van der Waals surface area contributed by atoms with E-state index in [1.165, 1.54) is 23.8 Å². The SMILES string of the molecule is CON=C(C(=O)N[C@@H]1C(=O)N2C(C(=O)OCOC(=O)C(C)(C)C)=CCS[C@@H]12)c1csc(N)n1. The summed E-state index contributed by atoms with van der Waals surface area (Å²) in [7, 11) is 1.28. The van der Waals surface area contributed by atoms with Crippen molar-refractivity contribution < 1.29 is 33.5 Å². The molecule has 178 valence electrons. The smallest absolute Gasteiger partial charge is 0.357 e. The molecule has 1 fully saturated rings. The molecule has 0 radical (unpaired) electrons. The maximum absolute atomic E-state index is 12.7. The summed E-state index contributed by atoms with van der Waals surface area (Å²) in [6, 6.07) is -0.893. The van der Waals surface area contributed by atoms with Gasteiger partial charge in [0, 0.05) is 11.1 Å². The van der Waals surface area contributed by atoms with Gasteiger partial charge in [-0.2, -0.15) is 0 Å². The highest BCUT2D eigenvalue weighted by Crippen LogP contribution is 2.37. The molecule has 3 rings (SSSR count). The van der Waals surface area contributed by atoms with Gasteiger partial charge < -0.3 is 25.4 Å². The van der Waals surface area contributed by atoms with Gasteiger partial charge in [-0.25, -0.2) is 9.78 Å². The molecular weight excluding hydrogens is 474 g/mol. The van der Waals surface area contributed by atoms with Crippen LogP contribution in [0.25, 0.3) is 0 Å². The Morgan fingerprint density at radius 1 is 1.33 bits per heavy atom. The van der Waals surface area contributed by atoms with Crippen molar-refractivity contribution in [2.24, 2.45) is 10.6 Å². The number of β-lactam (4-membered cyclic amide) rings is 1. The van der Waals surface area contributed by atoms with E-state index in [4.69, 9.17) is 20.0 Å². The minimum atomic E-state index is -0.893. The number of thioether (sulfide) groups is 1. The van der Waals surface area contributed by atoms with Crippen molar-refractivity contribution in [1.29, 1.82) is 0 Å². The zero-order valence-corrected chi connectivity index (χ0v) is 19.9. The quantitative estimate of drug-likeness (QED) is 0.178. The Balaban J connectivity index is 1.61. The normalized spacial score (nSPS) is 20.2. The number of hydrogen-bond acceptors (Lipinski definition) is 12. The maximum Gasteiger partial charge on any atom is 0.357 e. The summed E-state index contributed by atoms with van der Waals surface area (Å²) in [5, 5.41) is 7.57. The van der Waals surface area contributed by atoms with Crippen LogP contribution >= 0.6 is 23.1 Å². The summed E-state index contributed by atoms with van der Waals surface area (Å²) in [6.07, 6.45) is 1.54. The fourth-order valence-corrected chi connectivity index (χ4v) is 4.60. The van der Waals surface area contributed by atoms with E-state index in [0.717, 1.165) is 11.3 Å². The molecule has 2 amide bonds. The van der Waals surface area contributed by atoms with E-state index >= 15 is 0 Å². The number of nitrogens with two attached hydrogens (primary N) is 1. The largest absolute Gasteiger partial charge is 0.427 e. The van der Waals surface area contributed by atoms with Crippen molar-refractivity contribution in [3.8, 4) is 0 Å². The molecule has 3 heterocycles. The lowest BCUT2D eigenvalue weighted by atomic mass is 9.98. The summed E-state index contributed by atoms with van der Waals surface area (Å²) in [4.78, 5) is 59.7. The van der Waals surface area contributed by atoms with Gasteiger partial charge in [0.1, 0.15) is 29.9 Å². The lowest BCUT2D eigenvalue weighted by Crippen LogP contribution is -2.70. The number of nitrogen functional groups attached to an aromatic ring is 1. The monoisotopic (exact) mass is 497 g/mol. The Labute approximate surface area is 197 Å². The standard InChI is InChI=1S/C19H23N5O7S2/c1-19(2,3)17(28)31-8-30-16(27)10-5-6-32-15-12(14(26)24(10)15)22-13(25)11(23-29-4)9-7-33-18(20)21-9/h5,7,12,15H,6,8H2,1-4H3,(H2,20,21)(H,22,25)/t12-,15+/m1/s1. The highest BCUT2D eigenvalue weighted by atomic mass is 32.2. The predicted octanol–water partition coefficient (Wildman–Crippen LogP) is 0.450. The van der Waals surface area contributed by atoms with E-state index in [2.05, 4.69) is 15.5 Å². The number of hydrogen-bond donors (Lipinski definition) is 2. The molecule has 0 unspecified atom stereocenters. The van der Waals surface area contributed by atoms with Gasteiger partial charge in [-0.15, -0.1) is 23.1 Å². The summed E-state index contributed by atoms with van der Waals surface area (Å²) in [5.41, 5.74) is 4.98. The minimum absolute atomic E-state index is 0.0270. The summed E-state index contributed by atoms with van der Waals surface area (Å²) >= 11 is 2.49. The van der Waals surface area contributed by atoms with Crippen molar-refractivity contribution in [1.82, 2.24) is 15.2 Å². The van der Waals surface area contributed by atoms with Crippen molar-refractivity contribution in [3.63, 3.8) is 0 Å². The van der Waals surface area contributed by atoms with E-state index in [9.17, 15) is 19.2 Å². The Hall–Kier alpha value is -3.13. The number of oxime groups is 1. The van der Waals surface area contributed by atoms with Gasteiger partial charge in [0.2, 0.25) is 6.79 Å². The molecule has 33 heavy (non-hydrogen) atoms. The molecule has 1 saturated heterocycles. The van der Waals surface area contributed by atoms with Crippen LogP contribution in [0, 0.1) is 5.41 Å². The first kappa shape index (κ1) is 24.5. The predicted molar refractivity (Wildman–Crippen MR) is 120 cm³/mol. The second-order valence-corrected chi connectivity index (χ2v) is 9.94. The van der Waals surface area contributed by atoms with Gasteiger partial charge in [0.05, 0.1) is 5.41 Å². The highest BCUT2D eigenvalue weighted by Gasteiger charge is 2.53. The zero-order valence-electron chi connectivity index (χ0n) is 18.3. The molecule has 3 N–H and O–H groups in total. The minimum Gasteiger partial charge on any atom is -0.427 e. The van der Waals surface area contributed by atoms with Gasteiger partial charge in [-0.3, -0.25) is 19.3 Å². The topological polar surface area (TPSA) is 163 Å². The number of carbonyl (C=O) groups is 4. The molecule has 0 aliphatic carbocycles. The Morgan fingerprint density at radius 2 is 2.06 bits per heavy atom. The highest BCUT2D eigenvalue weighted by molar-refractivity contribution is 8.00. The number of rotatable bonds is 7. The summed E-state index contributed by atoms with van der Waals surface area (Å²) in [6.45, 7) is 4.44. The van der Waals surface area contributed by atoms with E-state index in [1.54, 1.807) is 32.2 Å². The molecule has 1 aromatic rings. The van der Waals surface area contributed by atoms with Crippen LogP contribution in [0.2, 0.25) is 0 Å². The van der Waals surface area contributed by atoms with Crippen LogP contribution in [0.4, 0.5) is 5.13 Å². The fourth-order valence-electron chi connectivity index (χ4n) is 2.86. The molecule has 0 spiro atoms. The van der Waals surface area contributed by atoms with Gasteiger partial charge in [-0.1, -0.05) is 5.16 Å². The zero-order chi connectivity index (χ0) is 24.3. The number of esters is 2. The number of nitrogens with zero attached hydrogens (tertiary/aromatic N) is 3. The lowest BCUT2D eigenvalue weighted by molar-refractivity contribution is -0.173. The molecule has 0 aromatic carbocycles. The molecule has 14 heteroatoms. The lowest BCUT2D eigenvalue weighted by Gasteiger charge is -2.48. The van der Waals surface area contributed by atoms with E-state index < -0.39 is 47.4 Å². The third-order valence-corrected chi connectivity index (χ3v) is 6.35. The van der Waals surface area contributed by atoms with Crippen molar-refractivity contribution in [2.75, 3.05) is 25.4 Å². The number of ether oxygens (including phenoxy) is 2. The molecule has 0 saturated carbocycles. The molecule has 2 aliphatic heterocycles. The van der Waals surface area contributed by atoms with Crippen LogP contribution in [0.3, 0.4) is 0 Å². The van der Waals surface area contributed by atoms with E-state index in [-0.39, 0.29) is 22.2 Å². The first-order valence-electron chi connectivity index (χ1n) is 9.67. The van der Waals surface area contributed by atoms with Gasteiger partial charge in [-0.05, 0) is 26.8 Å².